The van der Waals surface area contributed by atoms with E-state index >= 15 is 0 Å². The number of carbonyl (C=O) groups is 1. The highest BCUT2D eigenvalue weighted by atomic mass is 16.5. The van der Waals surface area contributed by atoms with Gasteiger partial charge in [0, 0.05) is 42.7 Å². The average molecular weight is 285 g/mol. The number of methoxy groups -OCH3 is 1. The number of primary amides is 1. The van der Waals surface area contributed by atoms with Gasteiger partial charge in [0.05, 0.1) is 18.0 Å². The molecule has 0 saturated carbocycles. The van der Waals surface area contributed by atoms with E-state index in [0.717, 1.165) is 42.4 Å². The number of nitrogens with two attached hydrogens (primary N) is 1. The van der Waals surface area contributed by atoms with Crippen LogP contribution in [0.3, 0.4) is 0 Å². The van der Waals surface area contributed by atoms with E-state index in [0.29, 0.717) is 11.7 Å². The summed E-state index contributed by atoms with van der Waals surface area (Å²) in [6, 6.07) is 5.50. The van der Waals surface area contributed by atoms with Crippen LogP contribution in [0, 0.1) is 0 Å². The zero-order valence-corrected chi connectivity index (χ0v) is 12.1. The fraction of sp³-hybridized carbons (Fsp3) is 0.375. The van der Waals surface area contributed by atoms with Gasteiger partial charge in [0.1, 0.15) is 0 Å². The van der Waals surface area contributed by atoms with Gasteiger partial charge in [0.2, 0.25) is 5.91 Å². The van der Waals surface area contributed by atoms with Crippen LogP contribution in [0.25, 0.3) is 10.8 Å². The van der Waals surface area contributed by atoms with Gasteiger partial charge >= 0.3 is 0 Å². The predicted molar refractivity (Wildman–Crippen MR) is 82.5 cm³/mol. The van der Waals surface area contributed by atoms with Crippen LogP contribution in [-0.4, -0.2) is 37.2 Å². The quantitative estimate of drug-likeness (QED) is 0.936. The SMILES string of the molecule is COC1CCN(c2cncc3ccc(C(N)=O)cc23)CC1. The van der Waals surface area contributed by atoms with Crippen LogP contribution in [-0.2, 0) is 4.74 Å². The van der Waals surface area contributed by atoms with Crippen LogP contribution in [0.15, 0.2) is 30.6 Å². The molecule has 5 heteroatoms. The van der Waals surface area contributed by atoms with E-state index in [-0.39, 0.29) is 0 Å². The van der Waals surface area contributed by atoms with Gasteiger partial charge in [-0.15, -0.1) is 0 Å². The number of piperidine rings is 1. The van der Waals surface area contributed by atoms with Crippen LogP contribution in [0.4, 0.5) is 5.69 Å². The molecule has 0 bridgehead atoms. The molecule has 1 aromatic heterocycles. The summed E-state index contributed by atoms with van der Waals surface area (Å²) in [6.45, 7) is 1.86. The Hall–Kier alpha value is -2.14. The molecular formula is C16H19N3O2. The first kappa shape index (κ1) is 13.8. The molecule has 2 N–H and O–H groups in total. The standard InChI is InChI=1S/C16H19N3O2/c1-21-13-4-6-19(7-5-13)15-10-18-9-12-3-2-11(16(17)20)8-14(12)15/h2-3,8-10,13H,4-7H2,1H3,(H2,17,20). The highest BCUT2D eigenvalue weighted by Crippen LogP contribution is 2.29. The van der Waals surface area contributed by atoms with Gasteiger partial charge in [-0.3, -0.25) is 9.78 Å². The van der Waals surface area contributed by atoms with Gasteiger partial charge in [-0.05, 0) is 25.0 Å². The van der Waals surface area contributed by atoms with E-state index in [9.17, 15) is 4.79 Å². The van der Waals surface area contributed by atoms with E-state index < -0.39 is 5.91 Å². The van der Waals surface area contributed by atoms with Crippen molar-refractivity contribution in [2.24, 2.45) is 5.73 Å². The lowest BCUT2D eigenvalue weighted by molar-refractivity contribution is 0.0819. The molecule has 1 aliphatic rings. The van der Waals surface area contributed by atoms with Crippen molar-refractivity contribution in [3.63, 3.8) is 0 Å². The van der Waals surface area contributed by atoms with E-state index in [4.69, 9.17) is 10.5 Å². The van der Waals surface area contributed by atoms with E-state index in [1.54, 1.807) is 13.2 Å². The van der Waals surface area contributed by atoms with Crippen molar-refractivity contribution >= 4 is 22.4 Å². The smallest absolute Gasteiger partial charge is 0.248 e. The molecular weight excluding hydrogens is 266 g/mol. The number of amides is 1. The lowest BCUT2D eigenvalue weighted by Crippen LogP contribution is -2.36. The maximum absolute atomic E-state index is 11.4. The van der Waals surface area contributed by atoms with Crippen LogP contribution in [0.5, 0.6) is 0 Å². The predicted octanol–water partition coefficient (Wildman–Crippen LogP) is 1.95. The second-order valence-corrected chi connectivity index (χ2v) is 5.38. The Kier molecular flexibility index (Phi) is 3.75. The Labute approximate surface area is 123 Å². The van der Waals surface area contributed by atoms with E-state index in [1.807, 2.05) is 24.5 Å². The summed E-state index contributed by atoms with van der Waals surface area (Å²) in [6.07, 6.45) is 6.02. The van der Waals surface area contributed by atoms with Crippen LogP contribution in [0.1, 0.15) is 23.2 Å². The first-order valence-corrected chi connectivity index (χ1v) is 7.14. The first-order valence-electron chi connectivity index (χ1n) is 7.14. The molecule has 0 unspecified atom stereocenters. The van der Waals surface area contributed by atoms with Crippen molar-refractivity contribution in [1.82, 2.24) is 4.98 Å². The monoisotopic (exact) mass is 285 g/mol. The van der Waals surface area contributed by atoms with Crippen LogP contribution >= 0.6 is 0 Å². The summed E-state index contributed by atoms with van der Waals surface area (Å²) < 4.78 is 5.41. The van der Waals surface area contributed by atoms with Gasteiger partial charge in [0.25, 0.3) is 0 Å². The van der Waals surface area contributed by atoms with E-state index in [2.05, 4.69) is 9.88 Å². The highest BCUT2D eigenvalue weighted by Gasteiger charge is 2.20. The Morgan fingerprint density at radius 3 is 2.76 bits per heavy atom. The Morgan fingerprint density at radius 2 is 2.10 bits per heavy atom. The summed E-state index contributed by atoms with van der Waals surface area (Å²) >= 11 is 0. The lowest BCUT2D eigenvalue weighted by atomic mass is 10.0. The molecule has 1 fully saturated rings. The summed E-state index contributed by atoms with van der Waals surface area (Å²) in [5.74, 6) is -0.405. The van der Waals surface area contributed by atoms with Crippen molar-refractivity contribution in [2.45, 2.75) is 18.9 Å². The molecule has 0 radical (unpaired) electrons. The number of ether oxygens (including phenoxy) is 1. The molecule has 2 heterocycles. The second-order valence-electron chi connectivity index (χ2n) is 5.38. The number of anilines is 1. The zero-order valence-electron chi connectivity index (χ0n) is 12.1. The number of benzene rings is 1. The van der Waals surface area contributed by atoms with E-state index in [1.165, 1.54) is 0 Å². The highest BCUT2D eigenvalue weighted by molar-refractivity contribution is 6.01. The van der Waals surface area contributed by atoms with Gasteiger partial charge in [-0.2, -0.15) is 0 Å². The third-order valence-corrected chi connectivity index (χ3v) is 4.14. The maximum atomic E-state index is 11.4. The summed E-state index contributed by atoms with van der Waals surface area (Å²) in [5.41, 5.74) is 6.97. The van der Waals surface area contributed by atoms with Crippen molar-refractivity contribution in [3.8, 4) is 0 Å². The van der Waals surface area contributed by atoms with Crippen molar-refractivity contribution in [2.75, 3.05) is 25.1 Å². The molecule has 110 valence electrons. The number of nitrogens with zero attached hydrogens (tertiary/aromatic N) is 2. The Bertz CT molecular complexity index is 664. The fourth-order valence-corrected chi connectivity index (χ4v) is 2.89. The number of hydrogen-bond donors (Lipinski definition) is 1. The largest absolute Gasteiger partial charge is 0.381 e. The fourth-order valence-electron chi connectivity index (χ4n) is 2.89. The maximum Gasteiger partial charge on any atom is 0.248 e. The minimum atomic E-state index is -0.405. The molecule has 1 amide bonds. The molecule has 0 aliphatic carbocycles. The minimum Gasteiger partial charge on any atom is -0.381 e. The molecule has 5 nitrogen and oxygen atoms in total. The molecule has 2 aromatic rings. The minimum absolute atomic E-state index is 0.338. The lowest BCUT2D eigenvalue weighted by Gasteiger charge is -2.33. The van der Waals surface area contributed by atoms with Crippen LogP contribution in [0.2, 0.25) is 0 Å². The van der Waals surface area contributed by atoms with Gasteiger partial charge in [0.15, 0.2) is 0 Å². The van der Waals surface area contributed by atoms with Gasteiger partial charge < -0.3 is 15.4 Å². The molecule has 1 aromatic carbocycles. The zero-order chi connectivity index (χ0) is 14.8. The summed E-state index contributed by atoms with van der Waals surface area (Å²) in [4.78, 5) is 18.0. The molecule has 3 rings (SSSR count). The van der Waals surface area contributed by atoms with Crippen LogP contribution < -0.4 is 10.6 Å². The summed E-state index contributed by atoms with van der Waals surface area (Å²) in [7, 11) is 1.76. The van der Waals surface area contributed by atoms with Crippen molar-refractivity contribution < 1.29 is 9.53 Å². The molecule has 0 spiro atoms. The summed E-state index contributed by atoms with van der Waals surface area (Å²) in [5, 5.41) is 2.04. The molecule has 0 atom stereocenters. The average Bonchev–Trinajstić information content (AvgIpc) is 2.54. The van der Waals surface area contributed by atoms with Gasteiger partial charge in [-0.1, -0.05) is 6.07 Å². The molecule has 1 saturated heterocycles. The number of rotatable bonds is 3. The number of carbonyl (C=O) groups excluding carboxylic acids is 1. The first-order chi connectivity index (χ1) is 10.2. The Morgan fingerprint density at radius 1 is 1.33 bits per heavy atom. The third-order valence-electron chi connectivity index (χ3n) is 4.14. The molecule has 21 heavy (non-hydrogen) atoms. The van der Waals surface area contributed by atoms with Crippen molar-refractivity contribution in [1.29, 1.82) is 0 Å². The topological polar surface area (TPSA) is 68.4 Å². The molecule has 1 aliphatic heterocycles. The third kappa shape index (κ3) is 2.69. The number of hydrogen-bond acceptors (Lipinski definition) is 4. The number of pyridine rings is 1. The Balaban J connectivity index is 1.98. The van der Waals surface area contributed by atoms with Crippen molar-refractivity contribution in [3.05, 3.63) is 36.2 Å². The van der Waals surface area contributed by atoms with Gasteiger partial charge in [-0.25, -0.2) is 0 Å². The second kappa shape index (κ2) is 5.69. The number of aromatic nitrogens is 1. The normalized spacial score (nSPS) is 16.3. The number of fused-ring (bicyclic) bond motifs is 1.